The van der Waals surface area contributed by atoms with Gasteiger partial charge < -0.3 is 0 Å². The molecule has 0 aromatic heterocycles. The van der Waals surface area contributed by atoms with Gasteiger partial charge in [0.25, 0.3) is 0 Å². The van der Waals surface area contributed by atoms with Crippen LogP contribution in [-0.2, 0) is 14.0 Å². The van der Waals surface area contributed by atoms with Crippen molar-refractivity contribution < 1.29 is 14.0 Å². The minimum absolute atomic E-state index is 1.07. The SMILES string of the molecule is [Cl][Ru]([Cl])/[C]1=C/CC/C=C\CC1. The van der Waals surface area contributed by atoms with Crippen LogP contribution in [0.2, 0.25) is 0 Å². The topological polar surface area (TPSA) is 0 Å². The molecule has 11 heavy (non-hydrogen) atoms. The summed E-state index contributed by atoms with van der Waals surface area (Å²) in [7, 11) is 11.8. The van der Waals surface area contributed by atoms with E-state index in [0.717, 1.165) is 25.7 Å². The monoisotopic (exact) mass is 279 g/mol. The van der Waals surface area contributed by atoms with E-state index in [4.69, 9.17) is 19.4 Å². The number of allylic oxidation sites excluding steroid dienone is 4. The fourth-order valence-corrected chi connectivity index (χ4v) is 3.54. The van der Waals surface area contributed by atoms with E-state index in [-0.39, 0.29) is 0 Å². The molecule has 3 heteroatoms. The van der Waals surface area contributed by atoms with Gasteiger partial charge in [-0.05, 0) is 0 Å². The fourth-order valence-electron chi connectivity index (χ4n) is 1.01. The molecule has 0 fully saturated rings. The molecule has 0 spiro atoms. The molecular formula is C8H11Cl2Ru. The summed E-state index contributed by atoms with van der Waals surface area (Å²) in [5.74, 6) is 0. The number of hydrogen-bond donors (Lipinski definition) is 0. The van der Waals surface area contributed by atoms with Crippen molar-refractivity contribution in [1.82, 2.24) is 0 Å². The summed E-state index contributed by atoms with van der Waals surface area (Å²) in [5.41, 5.74) is 0. The van der Waals surface area contributed by atoms with Crippen LogP contribution in [0.3, 0.4) is 0 Å². The fraction of sp³-hybridized carbons (Fsp3) is 0.500. The Hall–Kier alpha value is 0.683. The molecule has 0 bridgehead atoms. The van der Waals surface area contributed by atoms with Gasteiger partial charge in [0.2, 0.25) is 0 Å². The molecule has 1 aliphatic rings. The molecule has 0 aromatic carbocycles. The van der Waals surface area contributed by atoms with Gasteiger partial charge in [0.1, 0.15) is 0 Å². The van der Waals surface area contributed by atoms with E-state index >= 15 is 0 Å². The molecule has 0 saturated heterocycles. The van der Waals surface area contributed by atoms with Crippen LogP contribution in [0, 0.1) is 0 Å². The van der Waals surface area contributed by atoms with Crippen LogP contribution in [0.4, 0.5) is 0 Å². The second-order valence-electron chi connectivity index (χ2n) is 2.41. The first-order chi connectivity index (χ1) is 5.30. The molecule has 0 saturated carbocycles. The number of halogens is 2. The predicted octanol–water partition coefficient (Wildman–Crippen LogP) is 3.93. The van der Waals surface area contributed by atoms with E-state index in [1.54, 1.807) is 0 Å². The van der Waals surface area contributed by atoms with E-state index in [1.807, 2.05) is 0 Å². The van der Waals surface area contributed by atoms with Gasteiger partial charge in [-0.3, -0.25) is 0 Å². The van der Waals surface area contributed by atoms with Crippen molar-refractivity contribution in [2.45, 2.75) is 25.7 Å². The quantitative estimate of drug-likeness (QED) is 0.504. The number of hydrogen-bond acceptors (Lipinski definition) is 0. The van der Waals surface area contributed by atoms with Crippen LogP contribution in [-0.4, -0.2) is 0 Å². The van der Waals surface area contributed by atoms with Crippen molar-refractivity contribution in [1.29, 1.82) is 0 Å². The molecule has 0 nitrogen and oxygen atoms in total. The van der Waals surface area contributed by atoms with Gasteiger partial charge in [0.05, 0.1) is 0 Å². The zero-order chi connectivity index (χ0) is 8.10. The van der Waals surface area contributed by atoms with Gasteiger partial charge in [0.15, 0.2) is 0 Å². The van der Waals surface area contributed by atoms with E-state index in [1.165, 1.54) is 4.17 Å². The third kappa shape index (κ3) is 3.74. The van der Waals surface area contributed by atoms with Crippen molar-refractivity contribution in [3.8, 4) is 0 Å². The van der Waals surface area contributed by atoms with Crippen LogP contribution < -0.4 is 0 Å². The maximum absolute atomic E-state index is 5.90. The molecule has 1 aliphatic carbocycles. The Labute approximate surface area is 81.2 Å². The molecule has 0 aromatic rings. The summed E-state index contributed by atoms with van der Waals surface area (Å²) in [4.78, 5) is 0. The Morgan fingerprint density at radius 2 is 1.82 bits per heavy atom. The third-order valence-corrected chi connectivity index (χ3v) is 5.24. The number of rotatable bonds is 1. The van der Waals surface area contributed by atoms with E-state index in [0.29, 0.717) is 0 Å². The Balaban J connectivity index is 2.50. The average Bonchev–Trinajstić information content (AvgIpc) is 1.84. The van der Waals surface area contributed by atoms with Crippen molar-refractivity contribution in [2.24, 2.45) is 0 Å². The Morgan fingerprint density at radius 1 is 1.09 bits per heavy atom. The molecule has 0 N–H and O–H groups in total. The molecule has 0 atom stereocenters. The standard InChI is InChI=1S/C8H11.2ClH.Ru/c1-2-4-6-8-7-5-3-1;;;/h1-2,7H,3-6H2;2*1H;/q;;;+2/p-2/b2-1-,8-7?;;;. The van der Waals surface area contributed by atoms with E-state index in [9.17, 15) is 0 Å². The van der Waals surface area contributed by atoms with Gasteiger partial charge in [0, 0.05) is 0 Å². The summed E-state index contributed by atoms with van der Waals surface area (Å²) in [6, 6.07) is 0. The zero-order valence-corrected chi connectivity index (χ0v) is 9.42. The van der Waals surface area contributed by atoms with Crippen molar-refractivity contribution in [3.63, 3.8) is 0 Å². The average molecular weight is 279 g/mol. The Bertz CT molecular complexity index is 173. The predicted molar refractivity (Wildman–Crippen MR) is 47.4 cm³/mol. The van der Waals surface area contributed by atoms with Crippen LogP contribution in [0.5, 0.6) is 0 Å². The van der Waals surface area contributed by atoms with Crippen LogP contribution >= 0.6 is 19.4 Å². The minimum atomic E-state index is -1.57. The molecular weight excluding hydrogens is 268 g/mol. The normalized spacial score (nSPS) is 27.8. The van der Waals surface area contributed by atoms with Crippen LogP contribution in [0.15, 0.2) is 22.4 Å². The summed E-state index contributed by atoms with van der Waals surface area (Å²) in [6.07, 6.45) is 11.1. The van der Waals surface area contributed by atoms with Crippen LogP contribution in [0.25, 0.3) is 0 Å². The summed E-state index contributed by atoms with van der Waals surface area (Å²) >= 11 is -1.57. The van der Waals surface area contributed by atoms with E-state index < -0.39 is 14.0 Å². The summed E-state index contributed by atoms with van der Waals surface area (Å²) in [6.45, 7) is 0. The van der Waals surface area contributed by atoms with Crippen molar-refractivity contribution >= 4 is 19.4 Å². The molecule has 0 aliphatic heterocycles. The Kier molecular flexibility index (Phi) is 4.75. The molecule has 1 rings (SSSR count). The second kappa shape index (κ2) is 5.35. The molecule has 0 radical (unpaired) electrons. The third-order valence-electron chi connectivity index (χ3n) is 1.58. The zero-order valence-electron chi connectivity index (χ0n) is 6.17. The molecule has 65 valence electrons. The van der Waals surface area contributed by atoms with Gasteiger partial charge >= 0.3 is 81.4 Å². The summed E-state index contributed by atoms with van der Waals surface area (Å²) < 4.78 is 1.32. The molecule has 0 heterocycles. The first kappa shape index (κ1) is 9.77. The first-order valence-electron chi connectivity index (χ1n) is 3.64. The van der Waals surface area contributed by atoms with Gasteiger partial charge in [-0.15, -0.1) is 0 Å². The van der Waals surface area contributed by atoms with Crippen LogP contribution in [0.1, 0.15) is 25.7 Å². The molecule has 0 unspecified atom stereocenters. The second-order valence-corrected chi connectivity index (χ2v) is 8.40. The van der Waals surface area contributed by atoms with Gasteiger partial charge in [-0.25, -0.2) is 0 Å². The van der Waals surface area contributed by atoms with E-state index in [2.05, 4.69) is 18.2 Å². The summed E-state index contributed by atoms with van der Waals surface area (Å²) in [5, 5.41) is 0. The van der Waals surface area contributed by atoms with Gasteiger partial charge in [-0.1, -0.05) is 0 Å². The van der Waals surface area contributed by atoms with Crippen molar-refractivity contribution in [2.75, 3.05) is 0 Å². The first-order valence-corrected chi connectivity index (χ1v) is 8.99. The van der Waals surface area contributed by atoms with Gasteiger partial charge in [-0.2, -0.15) is 0 Å². The molecule has 0 amide bonds. The maximum atomic E-state index is 5.90. The Morgan fingerprint density at radius 3 is 2.55 bits per heavy atom. The van der Waals surface area contributed by atoms with Crippen molar-refractivity contribution in [3.05, 3.63) is 22.4 Å².